The topological polar surface area (TPSA) is 29.1 Å². The molecule has 0 saturated heterocycles. The summed E-state index contributed by atoms with van der Waals surface area (Å²) in [5.74, 6) is 0.0581. The van der Waals surface area contributed by atoms with Gasteiger partial charge in [0.2, 0.25) is 0 Å². The number of amides is 1. The average molecular weight is 211 g/mol. The van der Waals surface area contributed by atoms with Crippen molar-refractivity contribution in [1.29, 1.82) is 0 Å². The molecule has 3 heteroatoms. The predicted molar refractivity (Wildman–Crippen MR) is 60.8 cm³/mol. The van der Waals surface area contributed by atoms with Crippen molar-refractivity contribution in [2.75, 3.05) is 6.54 Å². The lowest BCUT2D eigenvalue weighted by atomic mass is 10.2. The molecule has 78 valence electrons. The van der Waals surface area contributed by atoms with Crippen LogP contribution in [0.15, 0.2) is 16.8 Å². The highest BCUT2D eigenvalue weighted by molar-refractivity contribution is 7.08. The first kappa shape index (κ1) is 11.2. The summed E-state index contributed by atoms with van der Waals surface area (Å²) >= 11 is 1.55. The molecule has 1 aromatic heterocycles. The minimum absolute atomic E-state index is 0.0581. The van der Waals surface area contributed by atoms with Gasteiger partial charge in [0.15, 0.2) is 0 Å². The van der Waals surface area contributed by atoms with Crippen LogP contribution in [0.5, 0.6) is 0 Å². The Labute approximate surface area is 89.3 Å². The van der Waals surface area contributed by atoms with Crippen LogP contribution in [0.1, 0.15) is 43.0 Å². The summed E-state index contributed by atoms with van der Waals surface area (Å²) in [4.78, 5) is 11.4. The molecule has 0 saturated carbocycles. The van der Waals surface area contributed by atoms with Crippen LogP contribution in [0.3, 0.4) is 0 Å². The van der Waals surface area contributed by atoms with E-state index in [1.807, 2.05) is 16.8 Å². The van der Waals surface area contributed by atoms with Crippen LogP contribution in [0.25, 0.3) is 0 Å². The Morgan fingerprint density at radius 1 is 1.43 bits per heavy atom. The highest BCUT2D eigenvalue weighted by Gasteiger charge is 2.03. The second-order valence-corrected chi connectivity index (χ2v) is 4.11. The lowest BCUT2D eigenvalue weighted by molar-refractivity contribution is 0.0953. The lowest BCUT2D eigenvalue weighted by Gasteiger charge is -2.02. The van der Waals surface area contributed by atoms with Crippen molar-refractivity contribution in [1.82, 2.24) is 5.32 Å². The molecule has 0 aromatic carbocycles. The van der Waals surface area contributed by atoms with Crippen LogP contribution in [0.2, 0.25) is 0 Å². The van der Waals surface area contributed by atoms with Gasteiger partial charge in [-0.15, -0.1) is 0 Å². The van der Waals surface area contributed by atoms with Gasteiger partial charge in [-0.25, -0.2) is 0 Å². The van der Waals surface area contributed by atoms with E-state index in [1.165, 1.54) is 19.3 Å². The van der Waals surface area contributed by atoms with Gasteiger partial charge in [-0.1, -0.05) is 26.2 Å². The first-order valence-corrected chi connectivity index (χ1v) is 6.09. The molecule has 0 aliphatic rings. The Kier molecular flexibility index (Phi) is 5.30. The summed E-state index contributed by atoms with van der Waals surface area (Å²) < 4.78 is 0. The fourth-order valence-corrected chi connectivity index (χ4v) is 1.89. The quantitative estimate of drug-likeness (QED) is 0.720. The third kappa shape index (κ3) is 3.92. The Balaban J connectivity index is 2.10. The number of hydrogen-bond acceptors (Lipinski definition) is 2. The van der Waals surface area contributed by atoms with Gasteiger partial charge < -0.3 is 5.32 Å². The molecule has 2 nitrogen and oxygen atoms in total. The maximum absolute atomic E-state index is 11.4. The van der Waals surface area contributed by atoms with E-state index >= 15 is 0 Å². The van der Waals surface area contributed by atoms with E-state index in [9.17, 15) is 4.79 Å². The van der Waals surface area contributed by atoms with Gasteiger partial charge in [0.1, 0.15) is 0 Å². The van der Waals surface area contributed by atoms with Crippen molar-refractivity contribution in [3.8, 4) is 0 Å². The first-order chi connectivity index (χ1) is 6.84. The summed E-state index contributed by atoms with van der Waals surface area (Å²) in [5.41, 5.74) is 0.783. The molecule has 0 atom stereocenters. The van der Waals surface area contributed by atoms with E-state index in [0.717, 1.165) is 18.5 Å². The van der Waals surface area contributed by atoms with Crippen molar-refractivity contribution in [3.63, 3.8) is 0 Å². The molecule has 0 fully saturated rings. The molecule has 14 heavy (non-hydrogen) atoms. The second kappa shape index (κ2) is 6.60. The third-order valence-electron chi connectivity index (χ3n) is 2.10. The Bertz CT molecular complexity index is 256. The molecule has 1 N–H and O–H groups in total. The van der Waals surface area contributed by atoms with E-state index < -0.39 is 0 Å². The van der Waals surface area contributed by atoms with Gasteiger partial charge in [0.25, 0.3) is 5.91 Å². The van der Waals surface area contributed by atoms with Crippen molar-refractivity contribution >= 4 is 17.2 Å². The second-order valence-electron chi connectivity index (χ2n) is 3.33. The van der Waals surface area contributed by atoms with Crippen LogP contribution < -0.4 is 5.32 Å². The van der Waals surface area contributed by atoms with Gasteiger partial charge in [0, 0.05) is 17.5 Å². The number of thiophene rings is 1. The monoisotopic (exact) mass is 211 g/mol. The van der Waals surface area contributed by atoms with E-state index in [1.54, 1.807) is 11.3 Å². The van der Waals surface area contributed by atoms with Crippen molar-refractivity contribution in [3.05, 3.63) is 22.4 Å². The highest BCUT2D eigenvalue weighted by Crippen LogP contribution is 2.05. The minimum Gasteiger partial charge on any atom is -0.352 e. The summed E-state index contributed by atoms with van der Waals surface area (Å²) in [5, 5.41) is 6.71. The molecule has 1 aromatic rings. The molecule has 1 rings (SSSR count). The Morgan fingerprint density at radius 2 is 2.29 bits per heavy atom. The number of carbonyl (C=O) groups is 1. The Morgan fingerprint density at radius 3 is 2.93 bits per heavy atom. The van der Waals surface area contributed by atoms with E-state index in [0.29, 0.717) is 0 Å². The fraction of sp³-hybridized carbons (Fsp3) is 0.545. The van der Waals surface area contributed by atoms with Gasteiger partial charge in [0.05, 0.1) is 0 Å². The van der Waals surface area contributed by atoms with E-state index in [-0.39, 0.29) is 5.91 Å². The minimum atomic E-state index is 0.0581. The number of hydrogen-bond donors (Lipinski definition) is 1. The molecule has 0 radical (unpaired) electrons. The normalized spacial score (nSPS) is 10.1. The number of carbonyl (C=O) groups excluding carboxylic acids is 1. The summed E-state index contributed by atoms with van der Waals surface area (Å²) in [6.45, 7) is 2.98. The van der Waals surface area contributed by atoms with Gasteiger partial charge in [-0.2, -0.15) is 11.3 Å². The van der Waals surface area contributed by atoms with Crippen LogP contribution >= 0.6 is 11.3 Å². The summed E-state index contributed by atoms with van der Waals surface area (Å²) in [6.07, 6.45) is 4.79. The molecule has 0 bridgehead atoms. The highest BCUT2D eigenvalue weighted by atomic mass is 32.1. The first-order valence-electron chi connectivity index (χ1n) is 5.15. The Hall–Kier alpha value is -0.830. The van der Waals surface area contributed by atoms with Crippen molar-refractivity contribution < 1.29 is 4.79 Å². The molecular formula is C11H17NOS. The molecule has 1 amide bonds. The van der Waals surface area contributed by atoms with Gasteiger partial charge in [-0.05, 0) is 17.9 Å². The SMILES string of the molecule is CCCCCCNC(=O)c1ccsc1. The molecule has 1 heterocycles. The van der Waals surface area contributed by atoms with Gasteiger partial charge >= 0.3 is 0 Å². The molecule has 0 spiro atoms. The number of unbranched alkanes of at least 4 members (excludes halogenated alkanes) is 3. The maximum atomic E-state index is 11.4. The predicted octanol–water partition coefficient (Wildman–Crippen LogP) is 3.06. The third-order valence-corrected chi connectivity index (χ3v) is 2.78. The summed E-state index contributed by atoms with van der Waals surface area (Å²) in [7, 11) is 0. The molecular weight excluding hydrogens is 194 g/mol. The average Bonchev–Trinajstić information content (AvgIpc) is 2.70. The number of nitrogens with one attached hydrogen (secondary N) is 1. The van der Waals surface area contributed by atoms with Crippen LogP contribution in [0, 0.1) is 0 Å². The maximum Gasteiger partial charge on any atom is 0.252 e. The lowest BCUT2D eigenvalue weighted by Crippen LogP contribution is -2.23. The number of rotatable bonds is 6. The standard InChI is InChI=1S/C11H17NOS/c1-2-3-4-5-7-12-11(13)10-6-8-14-9-10/h6,8-9H,2-5,7H2,1H3,(H,12,13). The van der Waals surface area contributed by atoms with Crippen molar-refractivity contribution in [2.24, 2.45) is 0 Å². The van der Waals surface area contributed by atoms with Crippen LogP contribution in [-0.4, -0.2) is 12.5 Å². The van der Waals surface area contributed by atoms with E-state index in [4.69, 9.17) is 0 Å². The van der Waals surface area contributed by atoms with Crippen LogP contribution in [-0.2, 0) is 0 Å². The molecule has 0 unspecified atom stereocenters. The fourth-order valence-electron chi connectivity index (χ4n) is 1.25. The molecule has 0 aliphatic carbocycles. The smallest absolute Gasteiger partial charge is 0.252 e. The summed E-state index contributed by atoms with van der Waals surface area (Å²) in [6, 6.07) is 1.85. The zero-order chi connectivity index (χ0) is 10.2. The van der Waals surface area contributed by atoms with Gasteiger partial charge in [-0.3, -0.25) is 4.79 Å². The zero-order valence-electron chi connectivity index (χ0n) is 8.58. The van der Waals surface area contributed by atoms with Crippen LogP contribution in [0.4, 0.5) is 0 Å². The van der Waals surface area contributed by atoms with Crippen molar-refractivity contribution in [2.45, 2.75) is 32.6 Å². The molecule has 0 aliphatic heterocycles. The van der Waals surface area contributed by atoms with E-state index in [2.05, 4.69) is 12.2 Å². The zero-order valence-corrected chi connectivity index (χ0v) is 9.40. The largest absolute Gasteiger partial charge is 0.352 e.